The summed E-state index contributed by atoms with van der Waals surface area (Å²) in [6.45, 7) is 6.76. The summed E-state index contributed by atoms with van der Waals surface area (Å²) in [7, 11) is 1.52. The highest BCUT2D eigenvalue weighted by Gasteiger charge is 2.65. The van der Waals surface area contributed by atoms with Crippen molar-refractivity contribution in [3.63, 3.8) is 0 Å². The molecule has 0 bridgehead atoms. The molecule has 1 heterocycles. The van der Waals surface area contributed by atoms with E-state index < -0.39 is 17.7 Å². The third-order valence-electron chi connectivity index (χ3n) is 11.6. The molecule has 0 radical (unpaired) electrons. The Balaban J connectivity index is 1.56. The molecular formula is C46H54FN3O7. The second-order valence-electron chi connectivity index (χ2n) is 15.0. The number of allylic oxidation sites excluding steroid dienone is 1. The number of amides is 1. The largest absolute Gasteiger partial charge is 0.489 e. The Morgan fingerprint density at radius 3 is 2.53 bits per heavy atom. The number of carbonyl (C=O) groups excluding carboxylic acids is 1. The molecule has 0 unspecified atom stereocenters. The maximum Gasteiger partial charge on any atom is 0.254 e. The van der Waals surface area contributed by atoms with Crippen LogP contribution in [0.5, 0.6) is 11.5 Å². The van der Waals surface area contributed by atoms with E-state index in [-0.39, 0.29) is 62.3 Å². The van der Waals surface area contributed by atoms with Gasteiger partial charge in [-0.2, -0.15) is 5.26 Å². The number of nitrogens with zero attached hydrogens (tertiary/aromatic N) is 3. The van der Waals surface area contributed by atoms with E-state index in [1.165, 1.54) is 13.2 Å². The lowest BCUT2D eigenvalue weighted by Crippen LogP contribution is -2.70. The first kappa shape index (κ1) is 41.6. The molecule has 10 nitrogen and oxygen atoms in total. The molecule has 0 saturated heterocycles. The number of ether oxygens (including phenoxy) is 3. The van der Waals surface area contributed by atoms with E-state index >= 15 is 0 Å². The average Bonchev–Trinajstić information content (AvgIpc) is 3.23. The molecule has 1 fully saturated rings. The van der Waals surface area contributed by atoms with Gasteiger partial charge >= 0.3 is 0 Å². The van der Waals surface area contributed by atoms with E-state index in [0.29, 0.717) is 59.7 Å². The average molecular weight is 780 g/mol. The number of hydrogen-bond acceptors (Lipinski definition) is 9. The summed E-state index contributed by atoms with van der Waals surface area (Å²) in [6, 6.07) is 20.3. The second kappa shape index (κ2) is 19.4. The zero-order valence-electron chi connectivity index (χ0n) is 32.9. The van der Waals surface area contributed by atoms with Crippen molar-refractivity contribution in [3.8, 4) is 17.6 Å². The van der Waals surface area contributed by atoms with Crippen LogP contribution in [0.4, 0.5) is 4.39 Å². The summed E-state index contributed by atoms with van der Waals surface area (Å²) in [5.41, 5.74) is 3.87. The number of oxime groups is 1. The van der Waals surface area contributed by atoms with Gasteiger partial charge < -0.3 is 34.2 Å². The molecule has 6 atom stereocenters. The summed E-state index contributed by atoms with van der Waals surface area (Å²) < 4.78 is 35.2. The normalized spacial score (nSPS) is 24.0. The maximum atomic E-state index is 14.7. The first-order chi connectivity index (χ1) is 27.8. The predicted molar refractivity (Wildman–Crippen MR) is 215 cm³/mol. The van der Waals surface area contributed by atoms with Crippen LogP contribution in [-0.4, -0.2) is 72.0 Å². The van der Waals surface area contributed by atoms with Gasteiger partial charge in [0.15, 0.2) is 0 Å². The Bertz CT molecular complexity index is 1960. The van der Waals surface area contributed by atoms with Gasteiger partial charge in [-0.15, -0.1) is 6.58 Å². The van der Waals surface area contributed by atoms with Crippen molar-refractivity contribution in [1.29, 1.82) is 5.26 Å². The molecule has 302 valence electrons. The number of fused-ring (bicyclic) bond motifs is 2. The summed E-state index contributed by atoms with van der Waals surface area (Å²) in [4.78, 5) is 22.1. The van der Waals surface area contributed by atoms with Crippen molar-refractivity contribution in [3.05, 3.63) is 119 Å². The Morgan fingerprint density at radius 2 is 1.84 bits per heavy atom. The lowest BCUT2D eigenvalue weighted by atomic mass is 9.55. The molecule has 6 rings (SSSR count). The quantitative estimate of drug-likeness (QED) is 0.0709. The number of unbranched alkanes of at least 4 members (excludes halogenated alkanes) is 2. The molecule has 3 aromatic carbocycles. The van der Waals surface area contributed by atoms with Gasteiger partial charge in [0.2, 0.25) is 5.79 Å². The molecule has 2 aliphatic carbocycles. The Hall–Kier alpha value is -5.02. The second-order valence-corrected chi connectivity index (χ2v) is 15.0. The molecule has 11 heteroatoms. The van der Waals surface area contributed by atoms with Crippen LogP contribution in [0.3, 0.4) is 0 Å². The van der Waals surface area contributed by atoms with Crippen molar-refractivity contribution >= 4 is 11.6 Å². The van der Waals surface area contributed by atoms with Crippen LogP contribution in [0.1, 0.15) is 91.3 Å². The first-order valence-corrected chi connectivity index (χ1v) is 20.1. The summed E-state index contributed by atoms with van der Waals surface area (Å²) >= 11 is 0. The zero-order chi connectivity index (χ0) is 40.4. The topological polar surface area (TPSA) is 134 Å². The van der Waals surface area contributed by atoms with Crippen LogP contribution >= 0.6 is 0 Å². The van der Waals surface area contributed by atoms with Gasteiger partial charge in [-0.25, -0.2) is 4.39 Å². The minimum atomic E-state index is -1.40. The predicted octanol–water partition coefficient (Wildman–Crippen LogP) is 8.09. The van der Waals surface area contributed by atoms with E-state index in [9.17, 15) is 24.7 Å². The van der Waals surface area contributed by atoms with Crippen LogP contribution in [-0.2, 0) is 16.2 Å². The SMILES string of the molecule is C=CCO[C@@]12Oc3ccc(OCc4ccccc4F)cc3[C@H]3[C@H](CCCCO)[C@@H](CCCCO)C=C(C(=NOC)C[C@@H]1N(CCC)C(=O)c1ccc(C#N)cc1)[C@H]32. The van der Waals surface area contributed by atoms with Crippen molar-refractivity contribution in [2.45, 2.75) is 82.6 Å². The van der Waals surface area contributed by atoms with Crippen molar-refractivity contribution in [2.75, 3.05) is 33.5 Å². The first-order valence-electron chi connectivity index (χ1n) is 20.1. The lowest BCUT2D eigenvalue weighted by molar-refractivity contribution is -0.254. The lowest BCUT2D eigenvalue weighted by Gasteiger charge is -2.60. The minimum absolute atomic E-state index is 0.0385. The summed E-state index contributed by atoms with van der Waals surface area (Å²) in [6.07, 6.45) is 9.43. The van der Waals surface area contributed by atoms with Crippen molar-refractivity contribution in [1.82, 2.24) is 4.90 Å². The molecule has 0 spiro atoms. The highest BCUT2D eigenvalue weighted by atomic mass is 19.1. The summed E-state index contributed by atoms with van der Waals surface area (Å²) in [5.74, 6) is -1.40. The Kier molecular flexibility index (Phi) is 14.2. The molecule has 3 aliphatic rings. The molecule has 1 aliphatic heterocycles. The summed E-state index contributed by atoms with van der Waals surface area (Å²) in [5, 5.41) is 33.8. The van der Waals surface area contributed by atoms with Crippen LogP contribution < -0.4 is 9.47 Å². The van der Waals surface area contributed by atoms with Gasteiger partial charge in [-0.3, -0.25) is 4.79 Å². The van der Waals surface area contributed by atoms with E-state index in [0.717, 1.165) is 36.8 Å². The van der Waals surface area contributed by atoms with Gasteiger partial charge in [-0.1, -0.05) is 55.3 Å². The Labute approximate surface area is 335 Å². The minimum Gasteiger partial charge on any atom is -0.489 e. The van der Waals surface area contributed by atoms with Crippen molar-refractivity contribution in [2.24, 2.45) is 22.9 Å². The van der Waals surface area contributed by atoms with Gasteiger partial charge in [0.1, 0.15) is 37.1 Å². The Morgan fingerprint density at radius 1 is 1.09 bits per heavy atom. The number of aliphatic hydroxyl groups excluding tert-OH is 2. The number of nitriles is 1. The number of rotatable bonds is 19. The third-order valence-corrected chi connectivity index (χ3v) is 11.6. The zero-order valence-corrected chi connectivity index (χ0v) is 32.9. The van der Waals surface area contributed by atoms with E-state index in [1.54, 1.807) is 48.5 Å². The molecular weight excluding hydrogens is 726 g/mol. The molecule has 0 aromatic heterocycles. The molecule has 57 heavy (non-hydrogen) atoms. The maximum absolute atomic E-state index is 14.7. The van der Waals surface area contributed by atoms with Gasteiger partial charge in [0.25, 0.3) is 5.91 Å². The van der Waals surface area contributed by atoms with Crippen LogP contribution in [0, 0.1) is 34.9 Å². The fraction of sp³-hybridized carbons (Fsp3) is 0.457. The van der Waals surface area contributed by atoms with E-state index in [2.05, 4.69) is 23.9 Å². The standard InChI is InChI=1S/C46H54FN3O7/c1-4-22-50(45(53)32-18-16-31(29-48)17-19-32)42-28-40(49-54-3)37-26-33(12-8-10-23-51)36(14-9-11-24-52)43-38-27-35(55-30-34-13-6-7-15-39(34)47)20-21-41(38)57-46(42,44(37)43)56-25-5-2/h5-7,13,15-21,26-27,33,36,42-44,51-52H,2,4,8-12,14,22-25,28,30H2,1,3H3/t33-,36+,42-,43+,44+,46+/m0/s1. The number of benzene rings is 3. The molecule has 3 aromatic rings. The molecule has 1 saturated carbocycles. The van der Waals surface area contributed by atoms with E-state index in [1.807, 2.05) is 30.0 Å². The number of hydrogen-bond donors (Lipinski definition) is 2. The molecule has 2 N–H and O–H groups in total. The van der Waals surface area contributed by atoms with E-state index in [4.69, 9.17) is 19.0 Å². The number of carbonyl (C=O) groups is 1. The van der Waals surface area contributed by atoms with Crippen LogP contribution in [0.15, 0.2) is 96.2 Å². The monoisotopic (exact) mass is 779 g/mol. The van der Waals surface area contributed by atoms with Gasteiger partial charge in [0.05, 0.1) is 29.9 Å². The van der Waals surface area contributed by atoms with Gasteiger partial charge in [0, 0.05) is 48.8 Å². The smallest absolute Gasteiger partial charge is 0.254 e. The third kappa shape index (κ3) is 8.79. The van der Waals surface area contributed by atoms with Gasteiger partial charge in [-0.05, 0) is 98.0 Å². The highest BCUT2D eigenvalue weighted by molar-refractivity contribution is 6.03. The van der Waals surface area contributed by atoms with Crippen LogP contribution in [0.25, 0.3) is 0 Å². The fourth-order valence-electron chi connectivity index (χ4n) is 9.12. The number of halogens is 1. The highest BCUT2D eigenvalue weighted by Crippen LogP contribution is 2.62. The molecule has 1 amide bonds. The number of aliphatic hydroxyl groups is 2. The fourth-order valence-corrected chi connectivity index (χ4v) is 9.12. The van der Waals surface area contributed by atoms with Crippen molar-refractivity contribution < 1.29 is 38.4 Å². The van der Waals surface area contributed by atoms with Crippen LogP contribution in [0.2, 0.25) is 0 Å².